The van der Waals surface area contributed by atoms with E-state index >= 15 is 0 Å². The van der Waals surface area contributed by atoms with E-state index in [1.165, 1.54) is 12.8 Å². The lowest BCUT2D eigenvalue weighted by Gasteiger charge is -2.41. The zero-order valence-corrected chi connectivity index (χ0v) is 21.5. The highest BCUT2D eigenvalue weighted by Crippen LogP contribution is 2.30. The van der Waals surface area contributed by atoms with E-state index in [9.17, 15) is 5.11 Å². The Bertz CT molecular complexity index is 922. The zero-order chi connectivity index (χ0) is 24.7. The molecular formula is C27H41N5O3. The fourth-order valence-electron chi connectivity index (χ4n) is 5.24. The van der Waals surface area contributed by atoms with Gasteiger partial charge in [0, 0.05) is 38.6 Å². The van der Waals surface area contributed by atoms with Gasteiger partial charge in [-0.2, -0.15) is 0 Å². The van der Waals surface area contributed by atoms with E-state index in [0.29, 0.717) is 32.2 Å². The molecule has 0 spiro atoms. The summed E-state index contributed by atoms with van der Waals surface area (Å²) in [5.41, 5.74) is 0.329. The molecule has 1 atom stereocenters. The first-order valence-electron chi connectivity index (χ1n) is 12.9. The van der Waals surface area contributed by atoms with Gasteiger partial charge < -0.3 is 19.5 Å². The molecule has 0 aliphatic carbocycles. The summed E-state index contributed by atoms with van der Waals surface area (Å²) in [6.45, 7) is 8.96. The predicted molar refractivity (Wildman–Crippen MR) is 138 cm³/mol. The van der Waals surface area contributed by atoms with Crippen LogP contribution in [0.1, 0.15) is 38.2 Å². The van der Waals surface area contributed by atoms with Crippen LogP contribution in [0.3, 0.4) is 0 Å². The van der Waals surface area contributed by atoms with Crippen molar-refractivity contribution in [3.63, 3.8) is 0 Å². The molecule has 0 amide bonds. The number of nitrogens with zero attached hydrogens (tertiary/aromatic N) is 5. The van der Waals surface area contributed by atoms with Gasteiger partial charge in [-0.05, 0) is 75.5 Å². The van der Waals surface area contributed by atoms with Crippen molar-refractivity contribution in [1.82, 2.24) is 19.8 Å². The molecule has 3 heterocycles. The van der Waals surface area contributed by atoms with E-state index in [-0.39, 0.29) is 0 Å². The fraction of sp³-hybridized carbons (Fsp3) is 0.630. The van der Waals surface area contributed by atoms with Crippen LogP contribution in [0.5, 0.6) is 11.5 Å². The summed E-state index contributed by atoms with van der Waals surface area (Å²) in [4.78, 5) is 15.4. The summed E-state index contributed by atoms with van der Waals surface area (Å²) < 4.78 is 11.7. The van der Waals surface area contributed by atoms with Gasteiger partial charge in [-0.1, -0.05) is 13.0 Å². The number of ether oxygens (including phenoxy) is 2. The van der Waals surface area contributed by atoms with E-state index in [1.807, 2.05) is 25.2 Å². The summed E-state index contributed by atoms with van der Waals surface area (Å²) in [7, 11) is 3.74. The van der Waals surface area contributed by atoms with Crippen LogP contribution in [0.2, 0.25) is 0 Å². The van der Waals surface area contributed by atoms with Gasteiger partial charge in [-0.3, -0.25) is 9.80 Å². The van der Waals surface area contributed by atoms with Crippen LogP contribution in [-0.4, -0.2) is 90.5 Å². The van der Waals surface area contributed by atoms with Crippen molar-refractivity contribution in [2.45, 2.75) is 44.8 Å². The summed E-state index contributed by atoms with van der Waals surface area (Å²) in [5.74, 6) is 3.07. The number of likely N-dealkylation sites (N-methyl/N-ethyl adjacent to an activating group) is 1. The number of aromatic nitrogens is 2. The van der Waals surface area contributed by atoms with Crippen molar-refractivity contribution in [1.29, 1.82) is 0 Å². The highest BCUT2D eigenvalue weighted by molar-refractivity contribution is 5.43. The normalized spacial score (nSPS) is 21.9. The molecule has 192 valence electrons. The molecule has 8 heteroatoms. The Hall–Kier alpha value is -2.42. The first-order valence-corrected chi connectivity index (χ1v) is 12.9. The molecule has 0 unspecified atom stereocenters. The molecule has 0 radical (unpaired) electrons. The Balaban J connectivity index is 1.28. The number of hydrogen-bond acceptors (Lipinski definition) is 8. The molecule has 2 aliphatic heterocycles. The van der Waals surface area contributed by atoms with E-state index < -0.39 is 5.60 Å². The van der Waals surface area contributed by atoms with Crippen molar-refractivity contribution in [2.75, 3.05) is 64.9 Å². The first-order chi connectivity index (χ1) is 16.9. The summed E-state index contributed by atoms with van der Waals surface area (Å²) in [6.07, 6.45) is 7.73. The number of hydrogen-bond donors (Lipinski definition) is 1. The Morgan fingerprint density at radius 2 is 1.91 bits per heavy atom. The van der Waals surface area contributed by atoms with Crippen LogP contribution >= 0.6 is 0 Å². The number of methoxy groups -OCH3 is 1. The molecule has 35 heavy (non-hydrogen) atoms. The summed E-state index contributed by atoms with van der Waals surface area (Å²) in [5, 5.41) is 11.3. The third kappa shape index (κ3) is 7.29. The van der Waals surface area contributed by atoms with Crippen LogP contribution in [0.15, 0.2) is 36.7 Å². The fourth-order valence-corrected chi connectivity index (χ4v) is 5.24. The van der Waals surface area contributed by atoms with Gasteiger partial charge >= 0.3 is 0 Å². The highest BCUT2D eigenvalue weighted by Gasteiger charge is 2.35. The van der Waals surface area contributed by atoms with Crippen molar-refractivity contribution >= 4 is 5.95 Å². The molecular weight excluding hydrogens is 442 g/mol. The minimum absolute atomic E-state index is 0.535. The molecule has 4 rings (SSSR count). The number of benzene rings is 1. The average Bonchev–Trinajstić information content (AvgIpc) is 2.86. The Labute approximate surface area is 209 Å². The van der Waals surface area contributed by atoms with Gasteiger partial charge in [-0.25, -0.2) is 9.97 Å². The van der Waals surface area contributed by atoms with Crippen molar-refractivity contribution in [2.24, 2.45) is 5.92 Å². The number of β-amino-alcohol motifs (C(OH)–C–C–N with tert-alkyl or cyclic N) is 1. The average molecular weight is 484 g/mol. The number of piperidine rings is 2. The third-order valence-electron chi connectivity index (χ3n) is 7.18. The highest BCUT2D eigenvalue weighted by atomic mass is 16.5. The molecule has 1 aromatic heterocycles. The molecule has 8 nitrogen and oxygen atoms in total. The van der Waals surface area contributed by atoms with Crippen LogP contribution in [-0.2, 0) is 6.54 Å². The predicted octanol–water partition coefficient (Wildman–Crippen LogP) is 3.06. The van der Waals surface area contributed by atoms with Gasteiger partial charge in [0.25, 0.3) is 0 Å². The molecule has 2 fully saturated rings. The standard InChI is InChI=1S/C27H41N5O3/c1-22-8-14-31(15-9-22)16-17-35-24-7-6-23(18-25(24)34-3)19-30(2)20-27(33)10-4-13-32(21-27)26-28-11-5-12-29-26/h5-7,11-12,18,22,33H,4,8-10,13-17,19-21H2,1-3H3/t27-/m1/s1. The molecule has 2 aliphatic rings. The third-order valence-corrected chi connectivity index (χ3v) is 7.18. The van der Waals surface area contributed by atoms with E-state index in [2.05, 4.69) is 37.7 Å². The first kappa shape index (κ1) is 25.7. The molecule has 1 N–H and O–H groups in total. The van der Waals surface area contributed by atoms with E-state index in [1.54, 1.807) is 19.5 Å². The number of aliphatic hydroxyl groups is 1. The van der Waals surface area contributed by atoms with Gasteiger partial charge in [0.15, 0.2) is 11.5 Å². The molecule has 2 aromatic rings. The maximum absolute atomic E-state index is 11.3. The SMILES string of the molecule is COc1cc(CN(C)C[C@]2(O)CCCN(c3ncccn3)C2)ccc1OCCN1CCC(C)CC1. The molecule has 1 aromatic carbocycles. The molecule has 2 saturated heterocycles. The van der Waals surface area contributed by atoms with E-state index in [4.69, 9.17) is 9.47 Å². The van der Waals surface area contributed by atoms with Crippen LogP contribution in [0.25, 0.3) is 0 Å². The Kier molecular flexibility index (Phi) is 8.81. The van der Waals surface area contributed by atoms with Crippen molar-refractivity contribution < 1.29 is 14.6 Å². The zero-order valence-electron chi connectivity index (χ0n) is 21.5. The Morgan fingerprint density at radius 3 is 2.66 bits per heavy atom. The summed E-state index contributed by atoms with van der Waals surface area (Å²) >= 11 is 0. The minimum atomic E-state index is -0.800. The monoisotopic (exact) mass is 483 g/mol. The lowest BCUT2D eigenvalue weighted by molar-refractivity contribution is -0.00367. The van der Waals surface area contributed by atoms with Crippen molar-refractivity contribution in [3.05, 3.63) is 42.2 Å². The van der Waals surface area contributed by atoms with Crippen LogP contribution in [0.4, 0.5) is 5.95 Å². The maximum atomic E-state index is 11.3. The second-order valence-electron chi connectivity index (χ2n) is 10.3. The van der Waals surface area contributed by atoms with Gasteiger partial charge in [0.2, 0.25) is 5.95 Å². The maximum Gasteiger partial charge on any atom is 0.225 e. The summed E-state index contributed by atoms with van der Waals surface area (Å²) in [6, 6.07) is 7.95. The Morgan fingerprint density at radius 1 is 1.14 bits per heavy atom. The van der Waals surface area contributed by atoms with Crippen LogP contribution < -0.4 is 14.4 Å². The minimum Gasteiger partial charge on any atom is -0.493 e. The molecule has 0 bridgehead atoms. The van der Waals surface area contributed by atoms with Gasteiger partial charge in [-0.15, -0.1) is 0 Å². The number of likely N-dealkylation sites (tertiary alicyclic amines) is 1. The van der Waals surface area contributed by atoms with Gasteiger partial charge in [0.05, 0.1) is 19.3 Å². The topological polar surface area (TPSA) is 74.2 Å². The second kappa shape index (κ2) is 12.0. The second-order valence-corrected chi connectivity index (χ2v) is 10.3. The number of anilines is 1. The largest absolute Gasteiger partial charge is 0.493 e. The quantitative estimate of drug-likeness (QED) is 0.553. The lowest BCUT2D eigenvalue weighted by Crippen LogP contribution is -2.54. The smallest absolute Gasteiger partial charge is 0.225 e. The molecule has 0 saturated carbocycles. The number of rotatable bonds is 10. The van der Waals surface area contributed by atoms with Crippen LogP contribution in [0, 0.1) is 5.92 Å². The van der Waals surface area contributed by atoms with E-state index in [0.717, 1.165) is 62.0 Å². The van der Waals surface area contributed by atoms with Crippen molar-refractivity contribution in [3.8, 4) is 11.5 Å². The van der Waals surface area contributed by atoms with Gasteiger partial charge in [0.1, 0.15) is 6.61 Å². The lowest BCUT2D eigenvalue weighted by atomic mass is 9.92.